The van der Waals surface area contributed by atoms with Gasteiger partial charge in [-0.1, -0.05) is 12.1 Å². The van der Waals surface area contributed by atoms with E-state index >= 15 is 0 Å². The maximum atomic E-state index is 8.98. The molecule has 0 atom stereocenters. The van der Waals surface area contributed by atoms with Crippen molar-refractivity contribution in [2.24, 2.45) is 0 Å². The molecule has 0 aliphatic carbocycles. The third-order valence-electron chi connectivity index (χ3n) is 3.97. The molecule has 0 aliphatic rings. The first-order valence-corrected chi connectivity index (χ1v) is 9.22. The summed E-state index contributed by atoms with van der Waals surface area (Å²) in [6.07, 6.45) is 0. The van der Waals surface area contributed by atoms with Crippen LogP contribution in [0.5, 0.6) is 6.01 Å². The molecule has 0 saturated carbocycles. The van der Waals surface area contributed by atoms with Gasteiger partial charge in [-0.15, -0.1) is 0 Å². The summed E-state index contributed by atoms with van der Waals surface area (Å²) in [5.74, 6) is 1.22. The number of benzene rings is 2. The molecule has 4 aromatic rings. The number of hydrogen-bond donors (Lipinski definition) is 3. The van der Waals surface area contributed by atoms with Crippen LogP contribution in [0.2, 0.25) is 0 Å². The standard InChI is InChI=1S/C20H20N6O3/c1-2-28-20-25-18(21-11-12-27)24-19(26-20)22-14-9-7-13(8-10-14)17-23-15-5-3-4-6-16(15)29-17/h3-10,27H,2,11-12H2,1H3,(H2,21,22,24,25,26). The summed E-state index contributed by atoms with van der Waals surface area (Å²) in [5.41, 5.74) is 3.22. The maximum absolute atomic E-state index is 8.98. The Balaban J connectivity index is 1.54. The van der Waals surface area contributed by atoms with E-state index in [9.17, 15) is 0 Å². The molecule has 0 unspecified atom stereocenters. The number of nitrogens with zero attached hydrogens (tertiary/aromatic N) is 4. The Morgan fingerprint density at radius 3 is 2.52 bits per heavy atom. The first kappa shape index (κ1) is 18.6. The Labute approximate surface area is 166 Å². The SMILES string of the molecule is CCOc1nc(NCCO)nc(Nc2ccc(-c3nc4ccccc4o3)cc2)n1. The van der Waals surface area contributed by atoms with Crippen LogP contribution in [-0.2, 0) is 0 Å². The minimum atomic E-state index is -0.0320. The molecular weight excluding hydrogens is 372 g/mol. The van der Waals surface area contributed by atoms with E-state index in [4.69, 9.17) is 14.3 Å². The lowest BCUT2D eigenvalue weighted by atomic mass is 10.2. The molecule has 0 aliphatic heterocycles. The van der Waals surface area contributed by atoms with Gasteiger partial charge in [0.05, 0.1) is 13.2 Å². The van der Waals surface area contributed by atoms with Crippen molar-refractivity contribution in [3.8, 4) is 17.5 Å². The molecule has 148 valence electrons. The van der Waals surface area contributed by atoms with Crippen molar-refractivity contribution in [1.82, 2.24) is 19.9 Å². The first-order valence-electron chi connectivity index (χ1n) is 9.22. The van der Waals surface area contributed by atoms with E-state index in [0.717, 1.165) is 22.4 Å². The van der Waals surface area contributed by atoms with Crippen LogP contribution in [0.1, 0.15) is 6.92 Å². The number of rotatable bonds is 8. The number of nitrogens with one attached hydrogen (secondary N) is 2. The molecule has 2 aromatic carbocycles. The van der Waals surface area contributed by atoms with Crippen molar-refractivity contribution in [3.63, 3.8) is 0 Å². The highest BCUT2D eigenvalue weighted by Crippen LogP contribution is 2.26. The van der Waals surface area contributed by atoms with Crippen molar-refractivity contribution >= 4 is 28.7 Å². The van der Waals surface area contributed by atoms with Gasteiger partial charge in [0.25, 0.3) is 0 Å². The number of ether oxygens (including phenoxy) is 1. The van der Waals surface area contributed by atoms with E-state index < -0.39 is 0 Å². The molecule has 2 aromatic heterocycles. The van der Waals surface area contributed by atoms with Gasteiger partial charge in [0.2, 0.25) is 17.8 Å². The number of hydrogen-bond acceptors (Lipinski definition) is 9. The molecule has 3 N–H and O–H groups in total. The minimum Gasteiger partial charge on any atom is -0.464 e. The molecule has 29 heavy (non-hydrogen) atoms. The average Bonchev–Trinajstić information content (AvgIpc) is 3.17. The molecule has 0 radical (unpaired) electrons. The molecule has 9 nitrogen and oxygen atoms in total. The van der Waals surface area contributed by atoms with Crippen LogP contribution >= 0.6 is 0 Å². The van der Waals surface area contributed by atoms with Gasteiger partial charge in [0, 0.05) is 17.8 Å². The molecule has 0 bridgehead atoms. The third kappa shape index (κ3) is 4.41. The van der Waals surface area contributed by atoms with E-state index in [1.165, 1.54) is 0 Å². The summed E-state index contributed by atoms with van der Waals surface area (Å²) >= 11 is 0. The molecule has 0 spiro atoms. The summed E-state index contributed by atoms with van der Waals surface area (Å²) in [6.45, 7) is 2.58. The molecule has 0 amide bonds. The number of para-hydroxylation sites is 2. The summed E-state index contributed by atoms with van der Waals surface area (Å²) < 4.78 is 11.2. The zero-order valence-corrected chi connectivity index (χ0v) is 15.8. The second kappa shape index (κ2) is 8.53. The van der Waals surface area contributed by atoms with Gasteiger partial charge in [-0.05, 0) is 43.3 Å². The molecule has 2 heterocycles. The smallest absolute Gasteiger partial charge is 0.323 e. The highest BCUT2D eigenvalue weighted by Gasteiger charge is 2.10. The summed E-state index contributed by atoms with van der Waals surface area (Å²) in [5, 5.41) is 15.0. The van der Waals surface area contributed by atoms with Gasteiger partial charge in [0.15, 0.2) is 5.58 Å². The average molecular weight is 392 g/mol. The summed E-state index contributed by atoms with van der Waals surface area (Å²) in [4.78, 5) is 17.2. The molecule has 0 fully saturated rings. The van der Waals surface area contributed by atoms with E-state index in [-0.39, 0.29) is 12.6 Å². The highest BCUT2D eigenvalue weighted by molar-refractivity contribution is 5.76. The molecule has 4 rings (SSSR count). The topological polar surface area (TPSA) is 118 Å². The van der Waals surface area contributed by atoms with Crippen molar-refractivity contribution in [2.75, 3.05) is 30.4 Å². The Morgan fingerprint density at radius 2 is 1.76 bits per heavy atom. The summed E-state index contributed by atoms with van der Waals surface area (Å²) in [6, 6.07) is 15.4. The number of aromatic nitrogens is 4. The number of aliphatic hydroxyl groups is 1. The van der Waals surface area contributed by atoms with Gasteiger partial charge in [-0.25, -0.2) is 4.98 Å². The fourth-order valence-corrected chi connectivity index (χ4v) is 2.67. The lowest BCUT2D eigenvalue weighted by Gasteiger charge is -2.10. The van der Waals surface area contributed by atoms with Crippen LogP contribution in [0, 0.1) is 0 Å². The van der Waals surface area contributed by atoms with E-state index in [1.807, 2.05) is 55.5 Å². The molecule has 9 heteroatoms. The Bertz CT molecular complexity index is 1060. The van der Waals surface area contributed by atoms with E-state index in [0.29, 0.717) is 30.9 Å². The molecule has 0 saturated heterocycles. The Morgan fingerprint density at radius 1 is 0.966 bits per heavy atom. The number of aliphatic hydroxyl groups excluding tert-OH is 1. The second-order valence-corrected chi connectivity index (χ2v) is 6.04. The second-order valence-electron chi connectivity index (χ2n) is 6.04. The van der Waals surface area contributed by atoms with Crippen LogP contribution in [0.4, 0.5) is 17.6 Å². The lowest BCUT2D eigenvalue weighted by molar-refractivity contribution is 0.307. The van der Waals surface area contributed by atoms with Gasteiger partial charge >= 0.3 is 6.01 Å². The number of oxazole rings is 1. The van der Waals surface area contributed by atoms with Crippen molar-refractivity contribution in [3.05, 3.63) is 48.5 Å². The zero-order valence-electron chi connectivity index (χ0n) is 15.8. The zero-order chi connectivity index (χ0) is 20.1. The fourth-order valence-electron chi connectivity index (χ4n) is 2.67. The summed E-state index contributed by atoms with van der Waals surface area (Å²) in [7, 11) is 0. The van der Waals surface area contributed by atoms with Crippen LogP contribution in [0.3, 0.4) is 0 Å². The van der Waals surface area contributed by atoms with E-state index in [1.54, 1.807) is 0 Å². The van der Waals surface area contributed by atoms with Crippen molar-refractivity contribution in [2.45, 2.75) is 6.92 Å². The van der Waals surface area contributed by atoms with Crippen LogP contribution in [0.15, 0.2) is 52.9 Å². The molecular formula is C20H20N6O3. The van der Waals surface area contributed by atoms with Gasteiger partial charge in [-0.3, -0.25) is 0 Å². The minimum absolute atomic E-state index is 0.0320. The highest BCUT2D eigenvalue weighted by atomic mass is 16.5. The van der Waals surface area contributed by atoms with Crippen LogP contribution in [-0.4, -0.2) is 44.8 Å². The Kier molecular flexibility index (Phi) is 5.48. The predicted molar refractivity (Wildman–Crippen MR) is 109 cm³/mol. The van der Waals surface area contributed by atoms with Crippen LogP contribution in [0.25, 0.3) is 22.6 Å². The third-order valence-corrected chi connectivity index (χ3v) is 3.97. The lowest BCUT2D eigenvalue weighted by Crippen LogP contribution is -2.12. The normalized spacial score (nSPS) is 10.8. The maximum Gasteiger partial charge on any atom is 0.323 e. The van der Waals surface area contributed by atoms with Crippen molar-refractivity contribution in [1.29, 1.82) is 0 Å². The first-order chi connectivity index (χ1) is 14.2. The quantitative estimate of drug-likeness (QED) is 0.415. The largest absolute Gasteiger partial charge is 0.464 e. The number of anilines is 3. The van der Waals surface area contributed by atoms with Gasteiger partial charge in [-0.2, -0.15) is 15.0 Å². The van der Waals surface area contributed by atoms with Crippen LogP contribution < -0.4 is 15.4 Å². The van der Waals surface area contributed by atoms with Gasteiger partial charge in [0.1, 0.15) is 5.52 Å². The predicted octanol–water partition coefficient (Wildman–Crippen LogP) is 3.23. The number of fused-ring (bicyclic) bond motifs is 1. The van der Waals surface area contributed by atoms with E-state index in [2.05, 4.69) is 30.6 Å². The Hall–Kier alpha value is -3.72. The monoisotopic (exact) mass is 392 g/mol. The fraction of sp³-hybridized carbons (Fsp3) is 0.200. The van der Waals surface area contributed by atoms with Crippen molar-refractivity contribution < 1.29 is 14.3 Å². The van der Waals surface area contributed by atoms with Gasteiger partial charge < -0.3 is 24.9 Å².